The number of carbonyl (C=O) groups excluding carboxylic acids is 1. The second-order valence-corrected chi connectivity index (χ2v) is 7.34. The molecule has 1 aromatic carbocycles. The van der Waals surface area contributed by atoms with Crippen LogP contribution < -0.4 is 10.6 Å². The van der Waals surface area contributed by atoms with Gasteiger partial charge in [-0.25, -0.2) is 9.38 Å². The molecule has 0 saturated carbocycles. The van der Waals surface area contributed by atoms with E-state index in [4.69, 9.17) is 4.74 Å². The molecule has 1 heterocycles. The van der Waals surface area contributed by atoms with Crippen LogP contribution in [0, 0.1) is 5.82 Å². The van der Waals surface area contributed by atoms with Crippen molar-refractivity contribution in [2.75, 3.05) is 60.0 Å². The average Bonchev–Trinajstić information content (AvgIpc) is 2.72. The number of likely N-dealkylation sites (N-methyl/N-ethyl adjacent to an activating group) is 1. The molecule has 32 heavy (non-hydrogen) atoms. The van der Waals surface area contributed by atoms with E-state index < -0.39 is 17.6 Å². The standard InChI is InChI=1S/C20H29F4N5O2.HI/c1-28(2)18(30)14-27-19(25-6-3-7-29-8-10-31-11-9-29)26-13-15-4-5-16(21)12-17(15)20(22,23)24;/h4-5,12H,3,6-11,13-14H2,1-2H3,(H2,25,26,27);1H. The van der Waals surface area contributed by atoms with Crippen molar-refractivity contribution in [3.63, 3.8) is 0 Å². The summed E-state index contributed by atoms with van der Waals surface area (Å²) in [4.78, 5) is 19.7. The number of alkyl halides is 3. The Bertz CT molecular complexity index is 756. The van der Waals surface area contributed by atoms with Crippen LogP contribution in [0.5, 0.6) is 0 Å². The highest BCUT2D eigenvalue weighted by atomic mass is 127. The summed E-state index contributed by atoms with van der Waals surface area (Å²) >= 11 is 0. The van der Waals surface area contributed by atoms with E-state index in [-0.39, 0.29) is 54.5 Å². The molecule has 2 rings (SSSR count). The average molecular weight is 575 g/mol. The summed E-state index contributed by atoms with van der Waals surface area (Å²) in [7, 11) is 3.20. The molecule has 1 aliphatic rings. The molecule has 1 amide bonds. The van der Waals surface area contributed by atoms with Gasteiger partial charge >= 0.3 is 6.18 Å². The number of benzene rings is 1. The predicted octanol–water partition coefficient (Wildman–Crippen LogP) is 2.31. The number of aliphatic imine (C=N–C) groups is 1. The van der Waals surface area contributed by atoms with Crippen LogP contribution in [0.4, 0.5) is 17.6 Å². The Labute approximate surface area is 202 Å². The summed E-state index contributed by atoms with van der Waals surface area (Å²) in [5.74, 6) is -0.952. The van der Waals surface area contributed by atoms with Crippen molar-refractivity contribution >= 4 is 35.8 Å². The minimum absolute atomic E-state index is 0. The van der Waals surface area contributed by atoms with Crippen LogP contribution in [0.2, 0.25) is 0 Å². The van der Waals surface area contributed by atoms with Gasteiger partial charge in [-0.2, -0.15) is 13.2 Å². The first kappa shape index (κ1) is 28.4. The quantitative estimate of drug-likeness (QED) is 0.164. The maximum atomic E-state index is 13.3. The minimum Gasteiger partial charge on any atom is -0.379 e. The first-order valence-electron chi connectivity index (χ1n) is 10.0. The van der Waals surface area contributed by atoms with Crippen molar-refractivity contribution in [1.29, 1.82) is 0 Å². The zero-order valence-corrected chi connectivity index (χ0v) is 20.5. The normalized spacial score (nSPS) is 15.1. The van der Waals surface area contributed by atoms with E-state index >= 15 is 0 Å². The van der Waals surface area contributed by atoms with Crippen LogP contribution in [0.25, 0.3) is 0 Å². The Morgan fingerprint density at radius 2 is 1.91 bits per heavy atom. The number of rotatable bonds is 8. The smallest absolute Gasteiger partial charge is 0.379 e. The molecule has 7 nitrogen and oxygen atoms in total. The highest BCUT2D eigenvalue weighted by molar-refractivity contribution is 14.0. The highest BCUT2D eigenvalue weighted by Crippen LogP contribution is 2.32. The number of amides is 1. The first-order chi connectivity index (χ1) is 14.7. The van der Waals surface area contributed by atoms with Gasteiger partial charge in [-0.15, -0.1) is 24.0 Å². The molecule has 0 atom stereocenters. The van der Waals surface area contributed by atoms with Gasteiger partial charge in [-0.1, -0.05) is 6.07 Å². The third-order valence-electron chi connectivity index (χ3n) is 4.74. The van der Waals surface area contributed by atoms with Crippen LogP contribution in [0.1, 0.15) is 17.5 Å². The number of ether oxygens (including phenoxy) is 1. The van der Waals surface area contributed by atoms with Gasteiger partial charge in [0.05, 0.1) is 31.9 Å². The SMILES string of the molecule is CN(C)C(=O)CNC(=NCc1ccc(F)cc1C(F)(F)F)NCCCN1CCOCC1.I. The summed E-state index contributed by atoms with van der Waals surface area (Å²) in [6, 6.07) is 2.50. The molecule has 12 heteroatoms. The molecule has 0 aromatic heterocycles. The lowest BCUT2D eigenvalue weighted by Crippen LogP contribution is -2.44. The van der Waals surface area contributed by atoms with Crippen molar-refractivity contribution in [3.05, 3.63) is 35.1 Å². The molecular weight excluding hydrogens is 545 g/mol. The van der Waals surface area contributed by atoms with Crippen LogP contribution in [-0.2, 0) is 22.3 Å². The zero-order chi connectivity index (χ0) is 22.9. The maximum absolute atomic E-state index is 13.3. The molecule has 0 spiro atoms. The third-order valence-corrected chi connectivity index (χ3v) is 4.74. The fourth-order valence-corrected chi connectivity index (χ4v) is 2.94. The molecule has 1 fully saturated rings. The Hall–Kier alpha value is -1.67. The number of morpholine rings is 1. The van der Waals surface area contributed by atoms with E-state index in [1.165, 1.54) is 4.90 Å². The van der Waals surface area contributed by atoms with Gasteiger partial charge in [-0.05, 0) is 30.7 Å². The van der Waals surface area contributed by atoms with Crippen molar-refractivity contribution in [2.45, 2.75) is 19.1 Å². The molecule has 1 saturated heterocycles. The molecule has 2 N–H and O–H groups in total. The van der Waals surface area contributed by atoms with Crippen molar-refractivity contribution in [3.8, 4) is 0 Å². The molecular formula is C20H30F4IN5O2. The molecule has 1 aromatic rings. The van der Waals surface area contributed by atoms with E-state index in [0.29, 0.717) is 25.8 Å². The lowest BCUT2D eigenvalue weighted by molar-refractivity contribution is -0.138. The van der Waals surface area contributed by atoms with Gasteiger partial charge in [0.1, 0.15) is 5.82 Å². The largest absolute Gasteiger partial charge is 0.416 e. The molecule has 0 unspecified atom stereocenters. The van der Waals surface area contributed by atoms with E-state index in [2.05, 4.69) is 20.5 Å². The number of carbonyl (C=O) groups is 1. The van der Waals surface area contributed by atoms with Gasteiger partial charge in [0.15, 0.2) is 5.96 Å². The number of hydrogen-bond donors (Lipinski definition) is 2. The highest BCUT2D eigenvalue weighted by Gasteiger charge is 2.33. The Balaban J connectivity index is 0.00000512. The Morgan fingerprint density at radius 1 is 1.22 bits per heavy atom. The van der Waals surface area contributed by atoms with Gasteiger partial charge in [0, 0.05) is 33.7 Å². The van der Waals surface area contributed by atoms with Gasteiger partial charge in [0.25, 0.3) is 0 Å². The second-order valence-electron chi connectivity index (χ2n) is 7.34. The Morgan fingerprint density at radius 3 is 2.53 bits per heavy atom. The van der Waals surface area contributed by atoms with Gasteiger partial charge in [-0.3, -0.25) is 9.69 Å². The Kier molecular flexibility index (Phi) is 12.2. The van der Waals surface area contributed by atoms with E-state index in [0.717, 1.165) is 38.2 Å². The van der Waals surface area contributed by atoms with Crippen LogP contribution in [-0.4, -0.2) is 81.7 Å². The fourth-order valence-electron chi connectivity index (χ4n) is 2.94. The number of nitrogens with zero attached hydrogens (tertiary/aromatic N) is 3. The lowest BCUT2D eigenvalue weighted by atomic mass is 10.1. The molecule has 182 valence electrons. The molecule has 1 aliphatic heterocycles. The number of hydrogen-bond acceptors (Lipinski definition) is 4. The monoisotopic (exact) mass is 575 g/mol. The van der Waals surface area contributed by atoms with Gasteiger partial charge in [0.2, 0.25) is 5.91 Å². The summed E-state index contributed by atoms with van der Waals surface area (Å²) in [5.41, 5.74) is -1.21. The number of guanidine groups is 1. The van der Waals surface area contributed by atoms with Gasteiger partial charge < -0.3 is 20.3 Å². The van der Waals surface area contributed by atoms with Crippen molar-refractivity contribution < 1.29 is 27.1 Å². The number of halogens is 5. The van der Waals surface area contributed by atoms with Crippen molar-refractivity contribution in [2.24, 2.45) is 4.99 Å². The summed E-state index contributed by atoms with van der Waals surface area (Å²) in [6.07, 6.45) is -3.90. The maximum Gasteiger partial charge on any atom is 0.416 e. The predicted molar refractivity (Wildman–Crippen MR) is 125 cm³/mol. The fraction of sp³-hybridized carbons (Fsp3) is 0.600. The summed E-state index contributed by atoms with van der Waals surface area (Å²) < 4.78 is 58.2. The molecule has 0 bridgehead atoms. The third kappa shape index (κ3) is 9.86. The van der Waals surface area contributed by atoms with Crippen LogP contribution in [0.15, 0.2) is 23.2 Å². The van der Waals surface area contributed by atoms with E-state index in [1.54, 1.807) is 14.1 Å². The van der Waals surface area contributed by atoms with E-state index in [1.807, 2.05) is 0 Å². The summed E-state index contributed by atoms with van der Waals surface area (Å²) in [6.45, 7) is 4.12. The van der Waals surface area contributed by atoms with Crippen molar-refractivity contribution in [1.82, 2.24) is 20.4 Å². The van der Waals surface area contributed by atoms with E-state index in [9.17, 15) is 22.4 Å². The topological polar surface area (TPSA) is 69.2 Å². The van der Waals surface area contributed by atoms with Crippen LogP contribution >= 0.6 is 24.0 Å². The minimum atomic E-state index is -4.69. The van der Waals surface area contributed by atoms with Crippen LogP contribution in [0.3, 0.4) is 0 Å². The molecule has 0 radical (unpaired) electrons. The lowest BCUT2D eigenvalue weighted by Gasteiger charge is -2.26. The first-order valence-corrected chi connectivity index (χ1v) is 10.0. The second kappa shape index (κ2) is 13.8. The number of nitrogens with one attached hydrogen (secondary N) is 2. The zero-order valence-electron chi connectivity index (χ0n) is 18.2. The summed E-state index contributed by atoms with van der Waals surface area (Å²) in [5, 5.41) is 5.89. The molecule has 0 aliphatic carbocycles.